The number of ether oxygens (including phenoxy) is 1. The second-order valence-corrected chi connectivity index (χ2v) is 11.3. The Hall–Kier alpha value is -1.24. The number of allylic oxidation sites excluding steroid dienone is 1. The number of fused-ring (bicyclic) bond motifs is 5. The molecule has 0 bridgehead atoms. The van der Waals surface area contributed by atoms with E-state index in [2.05, 4.69) is 6.92 Å². The minimum Gasteiger partial charge on any atom is -0.458 e. The van der Waals surface area contributed by atoms with E-state index in [1.807, 2.05) is 13.8 Å². The topological polar surface area (TPSA) is 101 Å². The number of esters is 1. The van der Waals surface area contributed by atoms with E-state index < -0.39 is 35.5 Å². The molecular formula is C24H33ClO6. The third kappa shape index (κ3) is 3.08. The number of hydrogen-bond acceptors (Lipinski definition) is 6. The Labute approximate surface area is 188 Å². The molecule has 0 aromatic carbocycles. The highest BCUT2D eigenvalue weighted by Crippen LogP contribution is 2.69. The van der Waals surface area contributed by atoms with Crippen molar-refractivity contribution in [2.75, 3.05) is 6.61 Å². The summed E-state index contributed by atoms with van der Waals surface area (Å²) in [6.07, 6.45) is 3.61. The molecule has 4 aliphatic rings. The fraction of sp³-hybridized carbons (Fsp3) is 0.792. The van der Waals surface area contributed by atoms with E-state index in [1.54, 1.807) is 6.08 Å². The Morgan fingerprint density at radius 1 is 1.29 bits per heavy atom. The minimum absolute atomic E-state index is 0.000527. The molecule has 9 atom stereocenters. The van der Waals surface area contributed by atoms with Crippen molar-refractivity contribution in [1.29, 1.82) is 0 Å². The molecule has 172 valence electrons. The van der Waals surface area contributed by atoms with Crippen molar-refractivity contribution in [2.45, 2.75) is 76.9 Å². The number of Topliss-reactive ketones (excluding diaryl/α,β-unsaturated/α-hetero) is 1. The first-order chi connectivity index (χ1) is 14.4. The smallest absolute Gasteiger partial charge is 0.303 e. The summed E-state index contributed by atoms with van der Waals surface area (Å²) < 4.78 is 4.93. The lowest BCUT2D eigenvalue weighted by atomic mass is 9.45. The van der Waals surface area contributed by atoms with Gasteiger partial charge in [-0.2, -0.15) is 0 Å². The predicted molar refractivity (Wildman–Crippen MR) is 114 cm³/mol. The minimum atomic E-state index is -1.68. The molecule has 0 saturated heterocycles. The Kier molecular flexibility index (Phi) is 5.47. The lowest BCUT2D eigenvalue weighted by molar-refractivity contribution is -0.188. The summed E-state index contributed by atoms with van der Waals surface area (Å²) in [5, 5.41) is 22.9. The van der Waals surface area contributed by atoms with Crippen LogP contribution >= 0.6 is 11.6 Å². The van der Waals surface area contributed by atoms with Gasteiger partial charge in [0.2, 0.25) is 5.78 Å². The summed E-state index contributed by atoms with van der Waals surface area (Å²) in [6.45, 7) is 6.64. The van der Waals surface area contributed by atoms with Crippen molar-refractivity contribution in [2.24, 2.45) is 34.5 Å². The molecule has 6 nitrogen and oxygen atoms in total. The third-order valence-electron chi connectivity index (χ3n) is 9.29. The molecule has 4 rings (SSSR count). The zero-order chi connectivity index (χ0) is 22.9. The van der Waals surface area contributed by atoms with Crippen LogP contribution in [0.5, 0.6) is 0 Å². The van der Waals surface area contributed by atoms with Crippen molar-refractivity contribution in [3.63, 3.8) is 0 Å². The lowest BCUT2D eigenvalue weighted by Gasteiger charge is -2.61. The maximum atomic E-state index is 13.1. The molecular weight excluding hydrogens is 420 g/mol. The highest BCUT2D eigenvalue weighted by atomic mass is 35.5. The van der Waals surface area contributed by atoms with Crippen molar-refractivity contribution < 1.29 is 29.3 Å². The lowest BCUT2D eigenvalue weighted by Crippen LogP contribution is -2.64. The maximum absolute atomic E-state index is 13.1. The Morgan fingerprint density at radius 2 is 1.97 bits per heavy atom. The van der Waals surface area contributed by atoms with Crippen LogP contribution in [0.15, 0.2) is 11.6 Å². The second-order valence-electron chi connectivity index (χ2n) is 10.8. The molecule has 0 amide bonds. The summed E-state index contributed by atoms with van der Waals surface area (Å²) in [4.78, 5) is 36.4. The number of carbonyl (C=O) groups excluding carboxylic acids is 3. The van der Waals surface area contributed by atoms with Crippen LogP contribution in [-0.4, -0.2) is 51.4 Å². The molecule has 0 spiro atoms. The van der Waals surface area contributed by atoms with Crippen LogP contribution in [0.1, 0.15) is 59.8 Å². The predicted octanol–water partition coefficient (Wildman–Crippen LogP) is 2.82. The second kappa shape index (κ2) is 7.39. The number of aliphatic hydroxyl groups excluding tert-OH is 1. The quantitative estimate of drug-likeness (QED) is 0.504. The summed E-state index contributed by atoms with van der Waals surface area (Å²) in [5.41, 5.74) is -1.96. The molecule has 7 heteroatoms. The molecule has 0 radical (unpaired) electrons. The van der Waals surface area contributed by atoms with E-state index in [-0.39, 0.29) is 46.7 Å². The van der Waals surface area contributed by atoms with Crippen molar-refractivity contribution in [1.82, 2.24) is 0 Å². The average Bonchev–Trinajstić information content (AvgIpc) is 2.88. The van der Waals surface area contributed by atoms with Crippen LogP contribution in [0.3, 0.4) is 0 Å². The van der Waals surface area contributed by atoms with Crippen LogP contribution in [0.25, 0.3) is 0 Å². The molecule has 0 unspecified atom stereocenters. The average molecular weight is 453 g/mol. The van der Waals surface area contributed by atoms with Gasteiger partial charge in [-0.05, 0) is 66.4 Å². The number of aliphatic hydroxyl groups is 2. The van der Waals surface area contributed by atoms with Crippen LogP contribution in [0.2, 0.25) is 0 Å². The normalized spacial score (nSPS) is 48.9. The maximum Gasteiger partial charge on any atom is 0.303 e. The summed E-state index contributed by atoms with van der Waals surface area (Å²) in [6, 6.07) is 0. The molecule has 2 N–H and O–H groups in total. The van der Waals surface area contributed by atoms with Gasteiger partial charge in [-0.25, -0.2) is 0 Å². The molecule has 31 heavy (non-hydrogen) atoms. The SMILES string of the molecule is CC(=O)OCC(=O)[C@@]1(O)[C@H](C)C[C@H]2[C@@H]3C[C@H](Cl)C4=CC(=O)CC[C@]4(C)[C@H]3[C@@H](O)C[C@@]21C. The molecule has 0 heterocycles. The van der Waals surface area contributed by atoms with E-state index >= 15 is 0 Å². The number of halogens is 1. The molecule has 0 aromatic rings. The summed E-state index contributed by atoms with van der Waals surface area (Å²) >= 11 is 6.81. The van der Waals surface area contributed by atoms with Crippen LogP contribution in [0.4, 0.5) is 0 Å². The molecule has 3 fully saturated rings. The highest BCUT2D eigenvalue weighted by Gasteiger charge is 2.71. The number of rotatable bonds is 3. The number of hydrogen-bond donors (Lipinski definition) is 2. The molecule has 3 saturated carbocycles. The Bertz CT molecular complexity index is 853. The number of alkyl halides is 1. The highest BCUT2D eigenvalue weighted by molar-refractivity contribution is 6.23. The van der Waals surface area contributed by atoms with Crippen molar-refractivity contribution in [3.05, 3.63) is 11.6 Å². The van der Waals surface area contributed by atoms with Crippen LogP contribution < -0.4 is 0 Å². The van der Waals surface area contributed by atoms with Crippen molar-refractivity contribution >= 4 is 29.1 Å². The first kappa shape index (κ1) is 22.9. The van der Waals surface area contributed by atoms with Gasteiger partial charge in [-0.15, -0.1) is 11.6 Å². The van der Waals surface area contributed by atoms with E-state index in [9.17, 15) is 24.6 Å². The number of ketones is 2. The van der Waals surface area contributed by atoms with Crippen LogP contribution in [0, 0.1) is 34.5 Å². The van der Waals surface area contributed by atoms with Crippen molar-refractivity contribution in [3.8, 4) is 0 Å². The summed E-state index contributed by atoms with van der Waals surface area (Å²) in [5.74, 6) is -1.35. The third-order valence-corrected chi connectivity index (χ3v) is 9.70. The Morgan fingerprint density at radius 3 is 2.61 bits per heavy atom. The van der Waals surface area contributed by atoms with E-state index in [0.29, 0.717) is 25.7 Å². The largest absolute Gasteiger partial charge is 0.458 e. The van der Waals surface area contributed by atoms with Gasteiger partial charge in [0.25, 0.3) is 0 Å². The first-order valence-electron chi connectivity index (χ1n) is 11.3. The van der Waals surface area contributed by atoms with E-state index in [0.717, 1.165) is 5.57 Å². The zero-order valence-corrected chi connectivity index (χ0v) is 19.4. The first-order valence-corrected chi connectivity index (χ1v) is 11.8. The van der Waals surface area contributed by atoms with Gasteiger partial charge < -0.3 is 14.9 Å². The Balaban J connectivity index is 1.73. The van der Waals surface area contributed by atoms with E-state index in [4.69, 9.17) is 16.3 Å². The van der Waals surface area contributed by atoms with Gasteiger partial charge in [0.15, 0.2) is 12.4 Å². The molecule has 4 aliphatic carbocycles. The fourth-order valence-corrected chi connectivity index (χ4v) is 8.42. The van der Waals surface area contributed by atoms with Gasteiger partial charge >= 0.3 is 5.97 Å². The molecule has 0 aliphatic heterocycles. The van der Waals surface area contributed by atoms with Gasteiger partial charge in [0, 0.05) is 18.8 Å². The van der Waals surface area contributed by atoms with Crippen LogP contribution in [-0.2, 0) is 19.1 Å². The number of carbonyl (C=O) groups is 3. The van der Waals surface area contributed by atoms with Gasteiger partial charge in [-0.3, -0.25) is 14.4 Å². The molecule has 0 aromatic heterocycles. The van der Waals surface area contributed by atoms with E-state index in [1.165, 1.54) is 6.92 Å². The zero-order valence-electron chi connectivity index (χ0n) is 18.7. The van der Waals surface area contributed by atoms with Gasteiger partial charge in [-0.1, -0.05) is 20.8 Å². The monoisotopic (exact) mass is 452 g/mol. The fourth-order valence-electron chi connectivity index (χ4n) is 7.90. The van der Waals surface area contributed by atoms with Gasteiger partial charge in [0.1, 0.15) is 5.60 Å². The van der Waals surface area contributed by atoms with Gasteiger partial charge in [0.05, 0.1) is 11.5 Å². The standard InChI is InChI=1S/C24H33ClO6/c1-12-7-16-15-9-18(25)17-8-14(27)5-6-22(17,3)21(15)19(28)10-23(16,4)24(12,30)20(29)11-31-13(2)26/h8,12,15-16,18-19,21,28,30H,5-7,9-11H2,1-4H3/t12-,15+,16+,18+,19+,21-,22+,23+,24+/m1/s1. The summed E-state index contributed by atoms with van der Waals surface area (Å²) in [7, 11) is 0.